The summed E-state index contributed by atoms with van der Waals surface area (Å²) in [7, 11) is -2.86. The molecule has 0 N–H and O–H groups in total. The molecule has 0 bridgehead atoms. The molecule has 21 heavy (non-hydrogen) atoms. The Morgan fingerprint density at radius 1 is 1.19 bits per heavy atom. The molecule has 1 aromatic carbocycles. The molecule has 0 heterocycles. The van der Waals surface area contributed by atoms with Crippen LogP contribution in [-0.2, 0) is 20.9 Å². The van der Waals surface area contributed by atoms with Gasteiger partial charge in [0.05, 0.1) is 12.8 Å². The van der Waals surface area contributed by atoms with Crippen LogP contribution in [0.2, 0.25) is 0 Å². The molecule has 0 atom stereocenters. The van der Waals surface area contributed by atoms with Crippen LogP contribution in [0.1, 0.15) is 39.7 Å². The Hall–Kier alpha value is -1.27. The van der Waals surface area contributed by atoms with Crippen LogP contribution in [0, 0.1) is 11.3 Å². The lowest BCUT2D eigenvalue weighted by Gasteiger charge is -2.26. The standard InChI is InChI=1S/C15H24N2O3S/c1-12(2)10-15(3,4)11-13-6-8-14(9-7-13)16-17-21(18,19)20-5/h6-9,12H,10-11H2,1-5H3. The fraction of sp³-hybridized carbons (Fsp3) is 0.600. The van der Waals surface area contributed by atoms with E-state index in [0.29, 0.717) is 11.6 Å². The van der Waals surface area contributed by atoms with E-state index in [0.717, 1.165) is 20.0 Å². The number of benzene rings is 1. The molecule has 0 saturated heterocycles. The van der Waals surface area contributed by atoms with E-state index in [9.17, 15) is 8.42 Å². The van der Waals surface area contributed by atoms with Gasteiger partial charge in [-0.1, -0.05) is 39.8 Å². The lowest BCUT2D eigenvalue weighted by atomic mass is 9.79. The summed E-state index contributed by atoms with van der Waals surface area (Å²) < 4.78 is 29.5. The number of hydrogen-bond acceptors (Lipinski definition) is 4. The molecule has 0 amide bonds. The van der Waals surface area contributed by atoms with Gasteiger partial charge in [-0.2, -0.15) is 8.42 Å². The molecule has 118 valence electrons. The third-order valence-electron chi connectivity index (χ3n) is 3.05. The van der Waals surface area contributed by atoms with E-state index < -0.39 is 10.3 Å². The SMILES string of the molecule is COS(=O)(=O)N=Nc1ccc(CC(C)(C)CC(C)C)cc1. The maximum absolute atomic E-state index is 11.0. The van der Waals surface area contributed by atoms with Crippen molar-refractivity contribution < 1.29 is 12.6 Å². The first-order chi connectivity index (χ1) is 9.63. The number of hydrogen-bond donors (Lipinski definition) is 0. The molecule has 0 spiro atoms. The number of nitrogens with zero attached hydrogens (tertiary/aromatic N) is 2. The van der Waals surface area contributed by atoms with Crippen molar-refractivity contribution in [1.29, 1.82) is 0 Å². The summed E-state index contributed by atoms with van der Waals surface area (Å²) in [6.45, 7) is 8.96. The molecule has 0 radical (unpaired) electrons. The highest BCUT2D eigenvalue weighted by atomic mass is 32.2. The highest BCUT2D eigenvalue weighted by Crippen LogP contribution is 2.30. The van der Waals surface area contributed by atoms with Crippen LogP contribution in [0.15, 0.2) is 33.9 Å². The Bertz CT molecular complexity index is 575. The minimum Gasteiger partial charge on any atom is -0.255 e. The quantitative estimate of drug-likeness (QED) is 0.706. The van der Waals surface area contributed by atoms with Crippen LogP contribution < -0.4 is 0 Å². The van der Waals surface area contributed by atoms with E-state index in [2.05, 4.69) is 41.5 Å². The molecule has 1 aromatic rings. The Morgan fingerprint density at radius 3 is 2.24 bits per heavy atom. The van der Waals surface area contributed by atoms with E-state index in [1.54, 1.807) is 12.1 Å². The molecule has 0 aliphatic carbocycles. The second-order valence-corrected chi connectivity index (χ2v) is 7.73. The van der Waals surface area contributed by atoms with Gasteiger partial charge in [0.2, 0.25) is 0 Å². The average Bonchev–Trinajstić information content (AvgIpc) is 2.36. The Balaban J connectivity index is 2.75. The second kappa shape index (κ2) is 7.13. The predicted octanol–water partition coefficient (Wildman–Crippen LogP) is 4.28. The molecule has 5 nitrogen and oxygen atoms in total. The second-order valence-electron chi connectivity index (χ2n) is 6.38. The van der Waals surface area contributed by atoms with E-state index in [1.807, 2.05) is 12.1 Å². The van der Waals surface area contributed by atoms with Crippen LogP contribution in [-0.4, -0.2) is 15.5 Å². The van der Waals surface area contributed by atoms with Gasteiger partial charge in [0.1, 0.15) is 0 Å². The fourth-order valence-corrected chi connectivity index (χ4v) is 2.80. The zero-order chi connectivity index (χ0) is 16.1. The molecular formula is C15H24N2O3S. The first-order valence-electron chi connectivity index (χ1n) is 6.96. The Morgan fingerprint density at radius 2 is 1.76 bits per heavy atom. The van der Waals surface area contributed by atoms with Crippen molar-refractivity contribution >= 4 is 16.0 Å². The van der Waals surface area contributed by atoms with Crippen LogP contribution in [0.25, 0.3) is 0 Å². The van der Waals surface area contributed by atoms with Gasteiger partial charge in [0.15, 0.2) is 0 Å². The number of rotatable bonds is 7. The topological polar surface area (TPSA) is 68.1 Å². The summed E-state index contributed by atoms with van der Waals surface area (Å²) in [6.07, 6.45) is 2.12. The highest BCUT2D eigenvalue weighted by molar-refractivity contribution is 7.85. The summed E-state index contributed by atoms with van der Waals surface area (Å²) in [4.78, 5) is 0. The predicted molar refractivity (Wildman–Crippen MR) is 83.8 cm³/mol. The lowest BCUT2D eigenvalue weighted by molar-refractivity contribution is 0.285. The largest absolute Gasteiger partial charge is 0.398 e. The summed E-state index contributed by atoms with van der Waals surface area (Å²) in [5.74, 6) is 0.660. The Kier molecular flexibility index (Phi) is 6.04. The first-order valence-corrected chi connectivity index (χ1v) is 8.32. The van der Waals surface area contributed by atoms with Crippen LogP contribution in [0.5, 0.6) is 0 Å². The van der Waals surface area contributed by atoms with E-state index in [1.165, 1.54) is 5.56 Å². The van der Waals surface area contributed by atoms with Gasteiger partial charge in [-0.05, 0) is 46.4 Å². The normalized spacial score (nSPS) is 13.2. The van der Waals surface area contributed by atoms with Gasteiger partial charge in [-0.15, -0.1) is 5.11 Å². The monoisotopic (exact) mass is 312 g/mol. The minimum absolute atomic E-state index is 0.233. The third kappa shape index (κ3) is 6.82. The van der Waals surface area contributed by atoms with Gasteiger partial charge in [0, 0.05) is 0 Å². The van der Waals surface area contributed by atoms with Gasteiger partial charge in [-0.3, -0.25) is 4.18 Å². The van der Waals surface area contributed by atoms with Crippen molar-refractivity contribution in [3.8, 4) is 0 Å². The van der Waals surface area contributed by atoms with E-state index >= 15 is 0 Å². The van der Waals surface area contributed by atoms with Crippen LogP contribution in [0.4, 0.5) is 5.69 Å². The van der Waals surface area contributed by atoms with Crippen molar-refractivity contribution in [3.05, 3.63) is 29.8 Å². The van der Waals surface area contributed by atoms with Crippen LogP contribution in [0.3, 0.4) is 0 Å². The van der Waals surface area contributed by atoms with Crippen molar-refractivity contribution in [2.24, 2.45) is 21.0 Å². The molecule has 0 unspecified atom stereocenters. The maximum atomic E-state index is 11.0. The average molecular weight is 312 g/mol. The minimum atomic E-state index is -3.91. The molecule has 0 saturated carbocycles. The van der Waals surface area contributed by atoms with E-state index in [-0.39, 0.29) is 5.41 Å². The van der Waals surface area contributed by atoms with Crippen molar-refractivity contribution in [2.45, 2.75) is 40.5 Å². The summed E-state index contributed by atoms with van der Waals surface area (Å²) >= 11 is 0. The van der Waals surface area contributed by atoms with Gasteiger partial charge in [-0.25, -0.2) is 0 Å². The highest BCUT2D eigenvalue weighted by Gasteiger charge is 2.19. The van der Waals surface area contributed by atoms with Crippen LogP contribution >= 0.6 is 0 Å². The molecule has 6 heteroatoms. The van der Waals surface area contributed by atoms with Crippen molar-refractivity contribution in [3.63, 3.8) is 0 Å². The summed E-state index contributed by atoms with van der Waals surface area (Å²) in [6, 6.07) is 7.43. The molecule has 0 aliphatic rings. The fourth-order valence-electron chi connectivity index (χ4n) is 2.54. The lowest BCUT2D eigenvalue weighted by Crippen LogP contribution is -2.17. The Labute approximate surface area is 127 Å². The molecule has 0 aliphatic heterocycles. The summed E-state index contributed by atoms with van der Waals surface area (Å²) in [5, 5.41) is 3.65. The molecule has 0 fully saturated rings. The molecule has 0 aromatic heterocycles. The zero-order valence-corrected chi connectivity index (χ0v) is 14.1. The van der Waals surface area contributed by atoms with Gasteiger partial charge < -0.3 is 0 Å². The van der Waals surface area contributed by atoms with E-state index in [4.69, 9.17) is 0 Å². The zero-order valence-electron chi connectivity index (χ0n) is 13.3. The van der Waals surface area contributed by atoms with Crippen molar-refractivity contribution in [2.75, 3.05) is 7.11 Å². The molecular weight excluding hydrogens is 288 g/mol. The van der Waals surface area contributed by atoms with Gasteiger partial charge >= 0.3 is 10.3 Å². The summed E-state index contributed by atoms with van der Waals surface area (Å²) in [5.41, 5.74) is 1.92. The van der Waals surface area contributed by atoms with Gasteiger partial charge in [0.25, 0.3) is 0 Å². The smallest absolute Gasteiger partial charge is 0.255 e. The first kappa shape index (κ1) is 17.8. The third-order valence-corrected chi connectivity index (χ3v) is 3.75. The molecule has 1 rings (SSSR count). The van der Waals surface area contributed by atoms with Crippen molar-refractivity contribution in [1.82, 2.24) is 0 Å². The maximum Gasteiger partial charge on any atom is 0.398 e.